The number of hydrogen-bond donors (Lipinski definition) is 1. The van der Waals surface area contributed by atoms with Crippen molar-refractivity contribution in [2.45, 2.75) is 13.3 Å². The zero-order valence-electron chi connectivity index (χ0n) is 15.8. The monoisotopic (exact) mass is 381 g/mol. The van der Waals surface area contributed by atoms with Crippen LogP contribution >= 0.6 is 11.3 Å². The fraction of sp³-hybridized carbons (Fsp3) is 0.286. The molecule has 2 aromatic heterocycles. The van der Waals surface area contributed by atoms with Crippen LogP contribution in [0.2, 0.25) is 0 Å². The van der Waals surface area contributed by atoms with E-state index in [1.54, 1.807) is 25.6 Å². The Morgan fingerprint density at radius 2 is 2.04 bits per heavy atom. The highest BCUT2D eigenvalue weighted by atomic mass is 32.1. The minimum absolute atomic E-state index is 0.732. The summed E-state index contributed by atoms with van der Waals surface area (Å²) in [4.78, 5) is 5.94. The van der Waals surface area contributed by atoms with Crippen molar-refractivity contribution in [1.29, 1.82) is 0 Å². The zero-order chi connectivity index (χ0) is 18.8. The lowest BCUT2D eigenvalue weighted by Gasteiger charge is -2.09. The number of aryl methyl sites for hydroxylation is 1. The van der Waals surface area contributed by atoms with Crippen LogP contribution in [-0.4, -0.2) is 36.8 Å². The van der Waals surface area contributed by atoms with E-state index in [0.717, 1.165) is 57.6 Å². The van der Waals surface area contributed by atoms with Gasteiger partial charge in [0.15, 0.2) is 4.96 Å². The molecule has 0 amide bonds. The summed E-state index contributed by atoms with van der Waals surface area (Å²) in [5.41, 5.74) is 4.47. The molecule has 0 spiro atoms. The van der Waals surface area contributed by atoms with Gasteiger partial charge in [0.25, 0.3) is 0 Å². The van der Waals surface area contributed by atoms with E-state index in [0.29, 0.717) is 0 Å². The quantitative estimate of drug-likeness (QED) is 0.459. The summed E-state index contributed by atoms with van der Waals surface area (Å²) in [5, 5.41) is 3.59. The number of thiazole rings is 1. The summed E-state index contributed by atoms with van der Waals surface area (Å²) in [6, 6.07) is 14.6. The smallest absolute Gasteiger partial charge is 0.197 e. The number of nitrogens with zero attached hydrogens (tertiary/aromatic N) is 2. The molecule has 4 rings (SSSR count). The summed E-state index contributed by atoms with van der Waals surface area (Å²) < 4.78 is 13.9. The second kappa shape index (κ2) is 7.58. The van der Waals surface area contributed by atoms with Gasteiger partial charge in [-0.3, -0.25) is 4.40 Å². The van der Waals surface area contributed by atoms with Gasteiger partial charge in [-0.25, -0.2) is 4.98 Å². The van der Waals surface area contributed by atoms with Crippen molar-refractivity contribution < 1.29 is 9.47 Å². The van der Waals surface area contributed by atoms with E-state index in [4.69, 9.17) is 14.5 Å². The normalized spacial score (nSPS) is 11.4. The van der Waals surface area contributed by atoms with Crippen LogP contribution in [0.5, 0.6) is 5.75 Å². The van der Waals surface area contributed by atoms with Crippen LogP contribution in [0, 0.1) is 6.92 Å². The molecule has 0 unspecified atom stereocenters. The summed E-state index contributed by atoms with van der Waals surface area (Å²) in [6.07, 6.45) is 0.937. The average molecular weight is 382 g/mol. The lowest BCUT2D eigenvalue weighted by molar-refractivity contribution is 0.198. The Morgan fingerprint density at radius 1 is 1.15 bits per heavy atom. The second-order valence-corrected chi connectivity index (χ2v) is 7.51. The number of nitrogens with one attached hydrogen (secondary N) is 1. The second-order valence-electron chi connectivity index (χ2n) is 6.51. The number of ether oxygens (including phenoxy) is 2. The van der Waals surface area contributed by atoms with Gasteiger partial charge < -0.3 is 14.8 Å². The summed E-state index contributed by atoms with van der Waals surface area (Å²) in [7, 11) is 3.42. The maximum atomic E-state index is 5.37. The van der Waals surface area contributed by atoms with Crippen LogP contribution in [0.15, 0.2) is 42.5 Å². The van der Waals surface area contributed by atoms with Crippen LogP contribution in [0.1, 0.15) is 12.0 Å². The Hall–Kier alpha value is -2.57. The van der Waals surface area contributed by atoms with E-state index in [2.05, 4.69) is 53.0 Å². The molecule has 140 valence electrons. The molecular weight excluding hydrogens is 358 g/mol. The molecule has 0 aliphatic heterocycles. The van der Waals surface area contributed by atoms with Crippen molar-refractivity contribution in [2.24, 2.45) is 0 Å². The van der Waals surface area contributed by atoms with E-state index < -0.39 is 0 Å². The van der Waals surface area contributed by atoms with Crippen molar-refractivity contribution in [2.75, 3.05) is 32.7 Å². The highest BCUT2D eigenvalue weighted by Gasteiger charge is 2.18. The molecule has 1 N–H and O–H groups in total. The highest BCUT2D eigenvalue weighted by Crippen LogP contribution is 2.37. The first-order chi connectivity index (χ1) is 13.2. The van der Waals surface area contributed by atoms with Crippen molar-refractivity contribution in [3.8, 4) is 17.0 Å². The molecule has 6 heteroatoms. The SMILES string of the molecule is COCCCNc1c(-c2cccc(C)c2)nc2sc3cc(OC)ccc3n12. The topological polar surface area (TPSA) is 47.8 Å². The van der Waals surface area contributed by atoms with E-state index >= 15 is 0 Å². The Morgan fingerprint density at radius 3 is 2.81 bits per heavy atom. The summed E-state index contributed by atoms with van der Waals surface area (Å²) in [5.74, 6) is 1.89. The Kier molecular flexibility index (Phi) is 5.01. The summed E-state index contributed by atoms with van der Waals surface area (Å²) in [6.45, 7) is 3.67. The van der Waals surface area contributed by atoms with Crippen LogP contribution in [0.25, 0.3) is 26.4 Å². The predicted molar refractivity (Wildman–Crippen MR) is 112 cm³/mol. The van der Waals surface area contributed by atoms with E-state index in [-0.39, 0.29) is 0 Å². The molecule has 0 aliphatic carbocycles. The average Bonchev–Trinajstić information content (AvgIpc) is 3.20. The van der Waals surface area contributed by atoms with Gasteiger partial charge >= 0.3 is 0 Å². The minimum atomic E-state index is 0.732. The molecule has 0 saturated heterocycles. The third kappa shape index (κ3) is 3.38. The van der Waals surface area contributed by atoms with Gasteiger partial charge in [0.1, 0.15) is 17.3 Å². The van der Waals surface area contributed by atoms with Gasteiger partial charge in [0, 0.05) is 25.8 Å². The predicted octanol–water partition coefficient (Wildman–Crippen LogP) is 4.98. The van der Waals surface area contributed by atoms with Crippen LogP contribution in [0.3, 0.4) is 0 Å². The first-order valence-electron chi connectivity index (χ1n) is 9.00. The van der Waals surface area contributed by atoms with Crippen molar-refractivity contribution in [3.05, 3.63) is 48.0 Å². The van der Waals surface area contributed by atoms with Gasteiger partial charge in [-0.15, -0.1) is 0 Å². The van der Waals surface area contributed by atoms with Crippen molar-refractivity contribution >= 4 is 32.3 Å². The summed E-state index contributed by atoms with van der Waals surface area (Å²) >= 11 is 1.68. The van der Waals surface area contributed by atoms with Crippen LogP contribution in [-0.2, 0) is 4.74 Å². The number of fused-ring (bicyclic) bond motifs is 3. The third-order valence-corrected chi connectivity index (χ3v) is 5.57. The van der Waals surface area contributed by atoms with E-state index in [1.165, 1.54) is 5.56 Å². The Labute approximate surface area is 162 Å². The molecule has 0 bridgehead atoms. The number of aromatic nitrogens is 2. The fourth-order valence-electron chi connectivity index (χ4n) is 3.26. The number of benzene rings is 2. The van der Waals surface area contributed by atoms with Gasteiger partial charge in [-0.2, -0.15) is 0 Å². The van der Waals surface area contributed by atoms with Crippen molar-refractivity contribution in [3.63, 3.8) is 0 Å². The highest BCUT2D eigenvalue weighted by molar-refractivity contribution is 7.23. The zero-order valence-corrected chi connectivity index (χ0v) is 16.6. The number of hydrogen-bond acceptors (Lipinski definition) is 5. The fourth-order valence-corrected chi connectivity index (χ4v) is 4.31. The van der Waals surface area contributed by atoms with Gasteiger partial charge in [-0.1, -0.05) is 35.1 Å². The number of anilines is 1. The molecule has 0 fully saturated rings. The molecule has 0 aliphatic rings. The third-order valence-electron chi connectivity index (χ3n) is 4.56. The number of imidazole rings is 1. The van der Waals surface area contributed by atoms with E-state index in [1.807, 2.05) is 6.07 Å². The maximum Gasteiger partial charge on any atom is 0.197 e. The number of rotatable bonds is 7. The van der Waals surface area contributed by atoms with Crippen LogP contribution in [0.4, 0.5) is 5.82 Å². The number of methoxy groups -OCH3 is 2. The molecule has 5 nitrogen and oxygen atoms in total. The van der Waals surface area contributed by atoms with Gasteiger partial charge in [0.2, 0.25) is 0 Å². The Balaban J connectivity index is 1.86. The van der Waals surface area contributed by atoms with Crippen molar-refractivity contribution in [1.82, 2.24) is 9.38 Å². The largest absolute Gasteiger partial charge is 0.497 e. The first kappa shape index (κ1) is 17.8. The molecule has 0 saturated carbocycles. The molecule has 2 heterocycles. The maximum absolute atomic E-state index is 5.37. The molecule has 0 atom stereocenters. The molecule has 4 aromatic rings. The standard InChI is InChI=1S/C21H23N3O2S/c1-14-6-4-7-15(12-14)19-20(22-10-5-11-25-2)24-17-9-8-16(26-3)13-18(17)27-21(24)23-19/h4,6-9,12-13,22H,5,10-11H2,1-3H3. The minimum Gasteiger partial charge on any atom is -0.497 e. The lowest BCUT2D eigenvalue weighted by Crippen LogP contribution is -2.07. The molecule has 2 aromatic carbocycles. The van der Waals surface area contributed by atoms with Gasteiger partial charge in [0.05, 0.1) is 17.3 Å². The Bertz CT molecular complexity index is 1080. The van der Waals surface area contributed by atoms with Crippen LogP contribution < -0.4 is 10.1 Å². The lowest BCUT2D eigenvalue weighted by atomic mass is 10.1. The molecule has 0 radical (unpaired) electrons. The first-order valence-corrected chi connectivity index (χ1v) is 9.82. The molecular formula is C21H23N3O2S. The van der Waals surface area contributed by atoms with E-state index in [9.17, 15) is 0 Å². The molecule has 27 heavy (non-hydrogen) atoms. The van der Waals surface area contributed by atoms with Gasteiger partial charge in [-0.05, 0) is 37.6 Å².